The third kappa shape index (κ3) is 6.45. The maximum absolute atomic E-state index is 12.9. The van der Waals surface area contributed by atoms with Crippen molar-refractivity contribution in [2.24, 2.45) is 0 Å². The van der Waals surface area contributed by atoms with Gasteiger partial charge in [0.15, 0.2) is 0 Å². The molecule has 0 aliphatic carbocycles. The van der Waals surface area contributed by atoms with Crippen molar-refractivity contribution in [3.8, 4) is 0 Å². The van der Waals surface area contributed by atoms with Crippen molar-refractivity contribution < 1.29 is 18.7 Å². The zero-order chi connectivity index (χ0) is 27.0. The Bertz CT molecular complexity index is 1090. The van der Waals surface area contributed by atoms with Crippen LogP contribution in [0.1, 0.15) is 70.2 Å². The molecule has 3 aromatic carbocycles. The second-order valence-electron chi connectivity index (χ2n) is 11.3. The molecule has 38 heavy (non-hydrogen) atoms. The largest absolute Gasteiger partial charge is 0.456 e. The highest BCUT2D eigenvalue weighted by atomic mass is 28.4. The Morgan fingerprint density at radius 2 is 1.42 bits per heavy atom. The van der Waals surface area contributed by atoms with Crippen molar-refractivity contribution in [1.82, 2.24) is 0 Å². The summed E-state index contributed by atoms with van der Waals surface area (Å²) in [4.78, 5) is 12.9. The SMILES string of the molecule is CCCCCC1OC(CO[Si](c2ccccc2)(c2ccccc2)C(C)(C)C)CC1OC(=O)c1ccccc1. The summed E-state index contributed by atoms with van der Waals surface area (Å²) in [5.41, 5.74) is 0.576. The number of ether oxygens (including phenoxy) is 2. The molecule has 3 aromatic rings. The van der Waals surface area contributed by atoms with Crippen molar-refractivity contribution in [3.05, 3.63) is 96.6 Å². The van der Waals surface area contributed by atoms with Crippen molar-refractivity contribution in [3.63, 3.8) is 0 Å². The molecule has 3 atom stereocenters. The maximum atomic E-state index is 12.9. The number of hydrogen-bond donors (Lipinski definition) is 0. The van der Waals surface area contributed by atoms with Crippen LogP contribution < -0.4 is 10.4 Å². The number of rotatable bonds is 11. The van der Waals surface area contributed by atoms with Crippen molar-refractivity contribution in [2.45, 2.75) is 83.1 Å². The zero-order valence-electron chi connectivity index (χ0n) is 23.3. The molecule has 1 aliphatic rings. The Balaban J connectivity index is 1.56. The third-order valence-electron chi connectivity index (χ3n) is 7.54. The lowest BCUT2D eigenvalue weighted by molar-refractivity contribution is -0.0241. The monoisotopic (exact) mass is 530 g/mol. The van der Waals surface area contributed by atoms with Crippen LogP contribution in [-0.4, -0.2) is 39.2 Å². The highest BCUT2D eigenvalue weighted by Crippen LogP contribution is 2.38. The standard InChI is InChI=1S/C33H42O4Si/c1-5-6-10-23-30-31(37-32(34)26-17-11-7-12-18-26)24-27(36-30)25-35-38(33(2,3)4,28-19-13-8-14-20-28)29-21-15-9-16-22-29/h7-9,11-22,27,30-31H,5-6,10,23-25H2,1-4H3. The number of benzene rings is 3. The molecule has 4 nitrogen and oxygen atoms in total. The van der Waals surface area contributed by atoms with Crippen LogP contribution in [0, 0.1) is 0 Å². The quantitative estimate of drug-likeness (QED) is 0.161. The smallest absolute Gasteiger partial charge is 0.338 e. The topological polar surface area (TPSA) is 44.8 Å². The second-order valence-corrected chi connectivity index (χ2v) is 15.6. The summed E-state index contributed by atoms with van der Waals surface area (Å²) < 4.78 is 19.7. The van der Waals surface area contributed by atoms with E-state index in [0.717, 1.165) is 25.7 Å². The molecule has 1 saturated heterocycles. The van der Waals surface area contributed by atoms with Crippen LogP contribution in [0.4, 0.5) is 0 Å². The number of carbonyl (C=O) groups is 1. The molecule has 1 aliphatic heterocycles. The molecular formula is C33H42O4Si. The minimum Gasteiger partial charge on any atom is -0.456 e. The van der Waals surface area contributed by atoms with Gasteiger partial charge in [0.25, 0.3) is 8.32 Å². The molecule has 0 N–H and O–H groups in total. The van der Waals surface area contributed by atoms with E-state index < -0.39 is 8.32 Å². The van der Waals surface area contributed by atoms with E-state index in [9.17, 15) is 4.79 Å². The van der Waals surface area contributed by atoms with Gasteiger partial charge in [0.2, 0.25) is 0 Å². The van der Waals surface area contributed by atoms with Crippen LogP contribution in [0.2, 0.25) is 5.04 Å². The van der Waals surface area contributed by atoms with Crippen molar-refractivity contribution in [2.75, 3.05) is 6.61 Å². The van der Waals surface area contributed by atoms with Gasteiger partial charge in [0, 0.05) is 6.42 Å². The predicted molar refractivity (Wildman–Crippen MR) is 157 cm³/mol. The van der Waals surface area contributed by atoms with Crippen LogP contribution in [0.3, 0.4) is 0 Å². The van der Waals surface area contributed by atoms with E-state index in [1.54, 1.807) is 12.1 Å². The molecule has 0 amide bonds. The van der Waals surface area contributed by atoms with E-state index in [1.165, 1.54) is 10.4 Å². The summed E-state index contributed by atoms with van der Waals surface area (Å²) in [7, 11) is -2.66. The first-order valence-electron chi connectivity index (χ1n) is 14.0. The summed E-state index contributed by atoms with van der Waals surface area (Å²) in [5, 5.41) is 2.40. The summed E-state index contributed by atoms with van der Waals surface area (Å²) in [6.45, 7) is 9.52. The maximum Gasteiger partial charge on any atom is 0.338 e. The fraction of sp³-hybridized carbons (Fsp3) is 0.424. The zero-order valence-corrected chi connectivity index (χ0v) is 24.3. The molecule has 3 unspecified atom stereocenters. The minimum absolute atomic E-state index is 0.103. The minimum atomic E-state index is -2.66. The van der Waals surface area contributed by atoms with Crippen LogP contribution in [-0.2, 0) is 13.9 Å². The summed E-state index contributed by atoms with van der Waals surface area (Å²) in [6, 6.07) is 30.6. The van der Waals surface area contributed by atoms with Crippen molar-refractivity contribution >= 4 is 24.7 Å². The Kier molecular flexibility index (Phi) is 9.58. The molecule has 0 spiro atoms. The molecule has 0 aromatic heterocycles. The number of esters is 1. The van der Waals surface area contributed by atoms with E-state index in [1.807, 2.05) is 18.2 Å². The first-order chi connectivity index (χ1) is 18.3. The molecule has 4 rings (SSSR count). The Morgan fingerprint density at radius 1 is 0.868 bits per heavy atom. The summed E-state index contributed by atoms with van der Waals surface area (Å²) in [6.07, 6.45) is 4.36. The van der Waals surface area contributed by atoms with E-state index in [0.29, 0.717) is 18.6 Å². The highest BCUT2D eigenvalue weighted by molar-refractivity contribution is 6.99. The molecular weight excluding hydrogens is 488 g/mol. The van der Waals surface area contributed by atoms with Gasteiger partial charge in [-0.15, -0.1) is 0 Å². The third-order valence-corrected chi connectivity index (χ3v) is 12.5. The molecule has 1 fully saturated rings. The number of hydrogen-bond acceptors (Lipinski definition) is 4. The second kappa shape index (κ2) is 12.9. The van der Waals surface area contributed by atoms with Gasteiger partial charge < -0.3 is 13.9 Å². The van der Waals surface area contributed by atoms with Gasteiger partial charge in [-0.25, -0.2) is 4.79 Å². The van der Waals surface area contributed by atoms with Gasteiger partial charge in [-0.1, -0.05) is 126 Å². The van der Waals surface area contributed by atoms with Gasteiger partial charge >= 0.3 is 5.97 Å². The van der Waals surface area contributed by atoms with Crippen LogP contribution in [0.25, 0.3) is 0 Å². The predicted octanol–water partition coefficient (Wildman–Crippen LogP) is 6.53. The van der Waals surface area contributed by atoms with E-state index in [2.05, 4.69) is 88.4 Å². The van der Waals surface area contributed by atoms with Crippen LogP contribution >= 0.6 is 0 Å². The Labute approximate surface area is 229 Å². The molecule has 0 bridgehead atoms. The lowest BCUT2D eigenvalue weighted by atomic mass is 10.0. The summed E-state index contributed by atoms with van der Waals surface area (Å²) >= 11 is 0. The van der Waals surface area contributed by atoms with Crippen LogP contribution in [0.5, 0.6) is 0 Å². The van der Waals surface area contributed by atoms with E-state index >= 15 is 0 Å². The van der Waals surface area contributed by atoms with Gasteiger partial charge in [-0.3, -0.25) is 0 Å². The highest BCUT2D eigenvalue weighted by Gasteiger charge is 2.51. The molecule has 0 saturated carbocycles. The van der Waals surface area contributed by atoms with E-state index in [-0.39, 0.29) is 29.3 Å². The van der Waals surface area contributed by atoms with Gasteiger partial charge in [-0.2, -0.15) is 0 Å². The molecule has 202 valence electrons. The van der Waals surface area contributed by atoms with Crippen molar-refractivity contribution in [1.29, 1.82) is 0 Å². The number of unbranched alkanes of at least 4 members (excludes halogenated alkanes) is 2. The fourth-order valence-electron chi connectivity index (χ4n) is 5.64. The Hall–Kier alpha value is -2.73. The number of carbonyl (C=O) groups excluding carboxylic acids is 1. The normalized spacial score (nSPS) is 19.8. The lowest BCUT2D eigenvalue weighted by Gasteiger charge is -2.43. The Morgan fingerprint density at radius 3 is 1.95 bits per heavy atom. The lowest BCUT2D eigenvalue weighted by Crippen LogP contribution is -2.67. The average Bonchev–Trinajstić information content (AvgIpc) is 3.31. The molecule has 5 heteroatoms. The summed E-state index contributed by atoms with van der Waals surface area (Å²) in [5.74, 6) is -0.284. The average molecular weight is 531 g/mol. The van der Waals surface area contributed by atoms with Gasteiger partial charge in [0.05, 0.1) is 24.4 Å². The van der Waals surface area contributed by atoms with E-state index in [4.69, 9.17) is 13.9 Å². The first-order valence-corrected chi connectivity index (χ1v) is 15.9. The van der Waals surface area contributed by atoms with Gasteiger partial charge in [-0.05, 0) is 34.0 Å². The van der Waals surface area contributed by atoms with Gasteiger partial charge in [0.1, 0.15) is 6.10 Å². The first kappa shape index (κ1) is 28.3. The molecule has 0 radical (unpaired) electrons. The van der Waals surface area contributed by atoms with Crippen LogP contribution in [0.15, 0.2) is 91.0 Å². The molecule has 1 heterocycles. The fourth-order valence-corrected chi connectivity index (χ4v) is 10.2.